The van der Waals surface area contributed by atoms with E-state index < -0.39 is 0 Å². The van der Waals surface area contributed by atoms with Gasteiger partial charge in [-0.1, -0.05) is 6.07 Å². The molecule has 21 heavy (non-hydrogen) atoms. The second-order valence-corrected chi connectivity index (χ2v) is 4.26. The summed E-state index contributed by atoms with van der Waals surface area (Å²) >= 11 is 0. The molecule has 2 aromatic rings. The van der Waals surface area contributed by atoms with Crippen LogP contribution >= 0.6 is 0 Å². The minimum atomic E-state index is -0.371. The lowest BCUT2D eigenvalue weighted by Gasteiger charge is -2.20. The first kappa shape index (κ1) is 14.6. The number of nitro groups is 1. The SMILES string of the molecule is CCN(CC)c1ccc(C=Nn2cnnc2)cc1[N+](=O)[O-]. The molecule has 0 aliphatic carbocycles. The van der Waals surface area contributed by atoms with Crippen molar-refractivity contribution >= 4 is 17.6 Å². The van der Waals surface area contributed by atoms with Crippen molar-refractivity contribution in [3.8, 4) is 0 Å². The van der Waals surface area contributed by atoms with Crippen LogP contribution in [0.15, 0.2) is 36.0 Å². The number of benzene rings is 1. The van der Waals surface area contributed by atoms with E-state index >= 15 is 0 Å². The second kappa shape index (κ2) is 6.60. The average molecular weight is 288 g/mol. The summed E-state index contributed by atoms with van der Waals surface area (Å²) in [6.07, 6.45) is 4.41. The quantitative estimate of drug-likeness (QED) is 0.460. The van der Waals surface area contributed by atoms with Crippen molar-refractivity contribution in [3.63, 3.8) is 0 Å². The van der Waals surface area contributed by atoms with E-state index in [0.717, 1.165) is 0 Å². The Labute approximate surface area is 121 Å². The zero-order chi connectivity index (χ0) is 15.2. The van der Waals surface area contributed by atoms with Gasteiger partial charge in [-0.2, -0.15) is 5.10 Å². The van der Waals surface area contributed by atoms with Crippen molar-refractivity contribution in [1.82, 2.24) is 14.9 Å². The molecule has 0 aliphatic heterocycles. The van der Waals surface area contributed by atoms with Gasteiger partial charge < -0.3 is 4.90 Å². The molecule has 0 aliphatic rings. The lowest BCUT2D eigenvalue weighted by Crippen LogP contribution is -2.22. The fourth-order valence-corrected chi connectivity index (χ4v) is 1.99. The maximum absolute atomic E-state index is 11.3. The highest BCUT2D eigenvalue weighted by Gasteiger charge is 2.17. The van der Waals surface area contributed by atoms with Gasteiger partial charge >= 0.3 is 0 Å². The van der Waals surface area contributed by atoms with Gasteiger partial charge in [-0.05, 0) is 19.9 Å². The van der Waals surface area contributed by atoms with Crippen molar-refractivity contribution < 1.29 is 4.92 Å². The summed E-state index contributed by atoms with van der Waals surface area (Å²) in [5.41, 5.74) is 1.34. The zero-order valence-corrected chi connectivity index (χ0v) is 11.9. The van der Waals surface area contributed by atoms with Crippen molar-refractivity contribution in [3.05, 3.63) is 46.5 Å². The molecule has 1 aromatic heterocycles. The van der Waals surface area contributed by atoms with Crippen molar-refractivity contribution in [2.75, 3.05) is 18.0 Å². The van der Waals surface area contributed by atoms with Crippen LogP contribution in [0.2, 0.25) is 0 Å². The maximum Gasteiger partial charge on any atom is 0.293 e. The highest BCUT2D eigenvalue weighted by Crippen LogP contribution is 2.28. The average Bonchev–Trinajstić information content (AvgIpc) is 3.00. The fraction of sp³-hybridized carbons (Fsp3) is 0.308. The molecular formula is C13H16N6O2. The number of aromatic nitrogens is 3. The van der Waals surface area contributed by atoms with Crippen molar-refractivity contribution in [2.45, 2.75) is 13.8 Å². The highest BCUT2D eigenvalue weighted by atomic mass is 16.6. The van der Waals surface area contributed by atoms with Crippen LogP contribution in [0, 0.1) is 10.1 Å². The van der Waals surface area contributed by atoms with Crippen molar-refractivity contribution in [2.24, 2.45) is 5.10 Å². The Morgan fingerprint density at radius 1 is 1.33 bits per heavy atom. The summed E-state index contributed by atoms with van der Waals surface area (Å²) in [6.45, 7) is 5.36. The maximum atomic E-state index is 11.3. The number of nitrogens with zero attached hydrogens (tertiary/aromatic N) is 6. The monoisotopic (exact) mass is 288 g/mol. The lowest BCUT2D eigenvalue weighted by molar-refractivity contribution is -0.384. The molecule has 0 fully saturated rings. The molecular weight excluding hydrogens is 272 g/mol. The van der Waals surface area contributed by atoms with Crippen LogP contribution in [0.4, 0.5) is 11.4 Å². The van der Waals surface area contributed by atoms with E-state index in [1.54, 1.807) is 12.1 Å². The lowest BCUT2D eigenvalue weighted by atomic mass is 10.1. The molecule has 110 valence electrons. The Bertz CT molecular complexity index is 634. The second-order valence-electron chi connectivity index (χ2n) is 4.26. The van der Waals surface area contributed by atoms with Gasteiger partial charge in [-0.15, -0.1) is 10.2 Å². The van der Waals surface area contributed by atoms with E-state index in [-0.39, 0.29) is 10.6 Å². The van der Waals surface area contributed by atoms with Gasteiger partial charge in [0.2, 0.25) is 0 Å². The van der Waals surface area contributed by atoms with Crippen LogP contribution in [0.25, 0.3) is 0 Å². The van der Waals surface area contributed by atoms with Crippen LogP contribution in [-0.2, 0) is 0 Å². The van der Waals surface area contributed by atoms with E-state index in [4.69, 9.17) is 0 Å². The summed E-state index contributed by atoms with van der Waals surface area (Å²) < 4.78 is 1.42. The molecule has 8 heteroatoms. The number of hydrogen-bond acceptors (Lipinski definition) is 6. The highest BCUT2D eigenvalue weighted by molar-refractivity contribution is 5.83. The topological polar surface area (TPSA) is 89.5 Å². The molecule has 0 saturated carbocycles. The Kier molecular flexibility index (Phi) is 4.60. The van der Waals surface area contributed by atoms with Gasteiger partial charge in [-0.25, -0.2) is 4.68 Å². The number of hydrogen-bond donors (Lipinski definition) is 0. The normalized spacial score (nSPS) is 11.0. The van der Waals surface area contributed by atoms with Gasteiger partial charge in [0.05, 0.1) is 11.1 Å². The number of anilines is 1. The largest absolute Gasteiger partial charge is 0.367 e. The smallest absolute Gasteiger partial charge is 0.293 e. The number of nitro benzene ring substituents is 1. The minimum Gasteiger partial charge on any atom is -0.367 e. The third-order valence-corrected chi connectivity index (χ3v) is 3.05. The third-order valence-electron chi connectivity index (χ3n) is 3.05. The first-order valence-corrected chi connectivity index (χ1v) is 6.58. The number of rotatable bonds is 6. The van der Waals surface area contributed by atoms with Crippen LogP contribution in [0.5, 0.6) is 0 Å². The molecule has 1 aromatic carbocycles. The van der Waals surface area contributed by atoms with E-state index in [2.05, 4.69) is 15.3 Å². The van der Waals surface area contributed by atoms with Gasteiger partial charge in [0.1, 0.15) is 18.3 Å². The first-order valence-electron chi connectivity index (χ1n) is 6.58. The Morgan fingerprint density at radius 2 is 2.00 bits per heavy atom. The zero-order valence-electron chi connectivity index (χ0n) is 11.9. The third kappa shape index (κ3) is 3.41. The predicted molar refractivity (Wildman–Crippen MR) is 79.7 cm³/mol. The molecule has 0 spiro atoms. The van der Waals surface area contributed by atoms with Gasteiger partial charge in [0.25, 0.3) is 5.69 Å². The Balaban J connectivity index is 2.34. The Hall–Kier alpha value is -2.77. The molecule has 0 bridgehead atoms. The standard InChI is InChI=1S/C13H16N6O2/c1-3-17(4-2)12-6-5-11(7-13(12)19(20)21)8-16-18-9-14-15-10-18/h5-10H,3-4H2,1-2H3. The van der Waals surface area contributed by atoms with Gasteiger partial charge in [0, 0.05) is 24.7 Å². The molecule has 0 radical (unpaired) electrons. The van der Waals surface area contributed by atoms with Crippen LogP contribution in [0.3, 0.4) is 0 Å². The predicted octanol–water partition coefficient (Wildman–Crippen LogP) is 1.91. The summed E-state index contributed by atoms with van der Waals surface area (Å²) in [6, 6.07) is 5.06. The Morgan fingerprint density at radius 3 is 2.57 bits per heavy atom. The van der Waals surface area contributed by atoms with Gasteiger partial charge in [-0.3, -0.25) is 10.1 Å². The van der Waals surface area contributed by atoms with E-state index in [9.17, 15) is 10.1 Å². The van der Waals surface area contributed by atoms with E-state index in [0.29, 0.717) is 24.3 Å². The molecule has 0 unspecified atom stereocenters. The molecule has 0 N–H and O–H groups in total. The molecule has 0 saturated heterocycles. The fourth-order valence-electron chi connectivity index (χ4n) is 1.99. The summed E-state index contributed by atoms with van der Waals surface area (Å²) in [5, 5.41) is 22.6. The van der Waals surface area contributed by atoms with Crippen LogP contribution in [-0.4, -0.2) is 39.1 Å². The van der Waals surface area contributed by atoms with Crippen LogP contribution < -0.4 is 4.90 Å². The molecule has 2 rings (SSSR count). The minimum absolute atomic E-state index is 0.0754. The molecule has 8 nitrogen and oxygen atoms in total. The summed E-state index contributed by atoms with van der Waals surface area (Å²) in [7, 11) is 0. The van der Waals surface area contributed by atoms with E-state index in [1.807, 2.05) is 18.7 Å². The molecule has 1 heterocycles. The first-order chi connectivity index (χ1) is 10.2. The molecule has 0 atom stereocenters. The summed E-state index contributed by atoms with van der Waals surface area (Å²) in [4.78, 5) is 12.8. The van der Waals surface area contributed by atoms with Gasteiger partial charge in [0.15, 0.2) is 0 Å². The summed E-state index contributed by atoms with van der Waals surface area (Å²) in [5.74, 6) is 0. The van der Waals surface area contributed by atoms with Crippen LogP contribution in [0.1, 0.15) is 19.4 Å². The van der Waals surface area contributed by atoms with E-state index in [1.165, 1.54) is 29.6 Å². The van der Waals surface area contributed by atoms with Crippen molar-refractivity contribution in [1.29, 1.82) is 0 Å². The molecule has 0 amide bonds.